The Morgan fingerprint density at radius 2 is 1.19 bits per heavy atom. The van der Waals surface area contributed by atoms with E-state index in [-0.39, 0.29) is 0 Å². The maximum atomic E-state index is 5.00. The Kier molecular flexibility index (Phi) is 4.29. The predicted molar refractivity (Wildman–Crippen MR) is 152 cm³/mol. The zero-order valence-electron chi connectivity index (χ0n) is 20.2. The van der Waals surface area contributed by atoms with Crippen molar-refractivity contribution >= 4 is 21.9 Å². The molecule has 2 aromatic heterocycles. The monoisotopic (exact) mass is 473 g/mol. The molecule has 2 heterocycles. The lowest BCUT2D eigenvalue weighted by molar-refractivity contribution is 1.09. The van der Waals surface area contributed by atoms with E-state index in [4.69, 9.17) is 4.98 Å². The molecule has 0 radical (unpaired) electrons. The van der Waals surface area contributed by atoms with E-state index in [2.05, 4.69) is 124 Å². The van der Waals surface area contributed by atoms with E-state index in [9.17, 15) is 0 Å². The summed E-state index contributed by atoms with van der Waals surface area (Å²) < 4.78 is 4.70. The van der Waals surface area contributed by atoms with Crippen molar-refractivity contribution < 1.29 is 0 Å². The molecule has 7 aromatic rings. The van der Waals surface area contributed by atoms with Crippen molar-refractivity contribution in [1.29, 1.82) is 0 Å². The van der Waals surface area contributed by atoms with Gasteiger partial charge in [0, 0.05) is 34.3 Å². The lowest BCUT2D eigenvalue weighted by Crippen LogP contribution is -2.00. The summed E-state index contributed by atoms with van der Waals surface area (Å²) in [4.78, 5) is 5.00. The fraction of sp³-hybridized carbons (Fsp3) is 0.0294. The highest BCUT2D eigenvalue weighted by molar-refractivity contribution is 5.97. The van der Waals surface area contributed by atoms with Crippen molar-refractivity contribution in [2.24, 2.45) is 0 Å². The number of benzene rings is 5. The molecule has 0 saturated carbocycles. The van der Waals surface area contributed by atoms with Gasteiger partial charge in [0.2, 0.25) is 0 Å². The summed E-state index contributed by atoms with van der Waals surface area (Å²) in [6.07, 6.45) is 0.985. The number of hydrogen-bond acceptors (Lipinski definition) is 1. The maximum absolute atomic E-state index is 5.00. The largest absolute Gasteiger partial charge is 0.309 e. The molecule has 1 aliphatic carbocycles. The van der Waals surface area contributed by atoms with Crippen LogP contribution in [-0.2, 0) is 6.42 Å². The molecule has 5 aromatic carbocycles. The van der Waals surface area contributed by atoms with E-state index < -0.39 is 0 Å². The van der Waals surface area contributed by atoms with Gasteiger partial charge in [-0.15, -0.1) is 0 Å². The van der Waals surface area contributed by atoms with E-state index in [1.165, 1.54) is 39.0 Å². The fourth-order valence-electron chi connectivity index (χ4n) is 5.95. The van der Waals surface area contributed by atoms with Crippen LogP contribution in [0.5, 0.6) is 0 Å². The molecule has 37 heavy (non-hydrogen) atoms. The van der Waals surface area contributed by atoms with E-state index in [1.54, 1.807) is 0 Å². The van der Waals surface area contributed by atoms with Crippen LogP contribution in [0.2, 0.25) is 0 Å². The second-order valence-corrected chi connectivity index (χ2v) is 9.66. The van der Waals surface area contributed by atoms with Gasteiger partial charge in [-0.1, -0.05) is 84.9 Å². The highest BCUT2D eigenvalue weighted by atomic mass is 15.1. The molecule has 0 N–H and O–H groups in total. The zero-order valence-corrected chi connectivity index (χ0v) is 20.2. The van der Waals surface area contributed by atoms with Crippen LogP contribution in [0, 0.1) is 0 Å². The Bertz CT molecular complexity index is 1940. The quantitative estimate of drug-likeness (QED) is 0.253. The van der Waals surface area contributed by atoms with Gasteiger partial charge in [0.05, 0.1) is 22.2 Å². The summed E-state index contributed by atoms with van der Waals surface area (Å²) >= 11 is 0. The predicted octanol–water partition coefficient (Wildman–Crippen LogP) is 8.21. The highest BCUT2D eigenvalue weighted by Crippen LogP contribution is 2.44. The molecular weight excluding hydrogens is 450 g/mol. The number of rotatable bonds is 3. The number of hydrogen-bond donors (Lipinski definition) is 0. The van der Waals surface area contributed by atoms with Gasteiger partial charge >= 0.3 is 0 Å². The molecule has 0 aliphatic heterocycles. The summed E-state index contributed by atoms with van der Waals surface area (Å²) in [6.45, 7) is 0. The van der Waals surface area contributed by atoms with Crippen LogP contribution in [-0.4, -0.2) is 14.1 Å². The molecule has 0 bridgehead atoms. The van der Waals surface area contributed by atoms with Gasteiger partial charge < -0.3 is 4.57 Å². The topological polar surface area (TPSA) is 22.8 Å². The number of fused-ring (bicyclic) bond motifs is 6. The van der Waals surface area contributed by atoms with Gasteiger partial charge in [-0.05, 0) is 53.6 Å². The molecule has 0 spiro atoms. The van der Waals surface area contributed by atoms with Crippen LogP contribution in [0.1, 0.15) is 11.1 Å². The smallest absolute Gasteiger partial charge is 0.145 e. The van der Waals surface area contributed by atoms with Crippen LogP contribution in [0.4, 0.5) is 0 Å². The standard InChI is InChI=1S/C34H23N3/c1-2-10-23(11-3-1)34-35-30-15-7-9-17-32(30)37(34)26-20-18-25(19-21-26)36-31-16-8-6-14-28(31)29-22-24-12-4-5-13-27(24)33(29)36/h1-21H,22H2. The molecule has 3 nitrogen and oxygen atoms in total. The van der Waals surface area contributed by atoms with Crippen LogP contribution >= 0.6 is 0 Å². The van der Waals surface area contributed by atoms with Crippen LogP contribution < -0.4 is 0 Å². The number of imidazole rings is 1. The third-order valence-corrected chi connectivity index (χ3v) is 7.58. The van der Waals surface area contributed by atoms with E-state index in [0.717, 1.165) is 34.5 Å². The van der Waals surface area contributed by atoms with Crippen LogP contribution in [0.15, 0.2) is 127 Å². The minimum Gasteiger partial charge on any atom is -0.309 e. The molecule has 0 fully saturated rings. The molecule has 0 amide bonds. The lowest BCUT2D eigenvalue weighted by atomic mass is 10.1. The number of nitrogens with zero attached hydrogens (tertiary/aromatic N) is 3. The molecule has 1 aliphatic rings. The van der Waals surface area contributed by atoms with Gasteiger partial charge in [-0.2, -0.15) is 0 Å². The third-order valence-electron chi connectivity index (χ3n) is 7.58. The number of aromatic nitrogens is 3. The first kappa shape index (κ1) is 20.3. The van der Waals surface area contributed by atoms with Crippen LogP contribution in [0.3, 0.4) is 0 Å². The van der Waals surface area contributed by atoms with E-state index in [0.29, 0.717) is 0 Å². The summed E-state index contributed by atoms with van der Waals surface area (Å²) in [5, 5.41) is 1.34. The minimum absolute atomic E-state index is 0.954. The molecule has 0 unspecified atom stereocenters. The first-order chi connectivity index (χ1) is 18.4. The normalized spacial score (nSPS) is 12.2. The fourth-order valence-corrected chi connectivity index (χ4v) is 5.95. The molecule has 174 valence electrons. The molecule has 3 heteroatoms. The first-order valence-corrected chi connectivity index (χ1v) is 12.7. The van der Waals surface area contributed by atoms with Crippen molar-refractivity contribution in [3.8, 4) is 34.0 Å². The lowest BCUT2D eigenvalue weighted by Gasteiger charge is -2.14. The van der Waals surface area contributed by atoms with Crippen LogP contribution in [0.25, 0.3) is 56.0 Å². The first-order valence-electron chi connectivity index (χ1n) is 12.7. The van der Waals surface area contributed by atoms with Crippen molar-refractivity contribution in [1.82, 2.24) is 14.1 Å². The van der Waals surface area contributed by atoms with E-state index in [1.807, 2.05) is 12.1 Å². The third kappa shape index (κ3) is 2.98. The zero-order chi connectivity index (χ0) is 24.3. The van der Waals surface area contributed by atoms with Crippen molar-refractivity contribution in [3.05, 3.63) is 139 Å². The molecule has 0 saturated heterocycles. The summed E-state index contributed by atoms with van der Waals surface area (Å²) in [5.41, 5.74) is 12.2. The Balaban J connectivity index is 1.33. The summed E-state index contributed by atoms with van der Waals surface area (Å²) in [5.74, 6) is 0.954. The summed E-state index contributed by atoms with van der Waals surface area (Å²) in [7, 11) is 0. The number of para-hydroxylation sites is 3. The Morgan fingerprint density at radius 3 is 2.03 bits per heavy atom. The Hall–Kier alpha value is -4.89. The van der Waals surface area contributed by atoms with Gasteiger partial charge in [0.1, 0.15) is 5.82 Å². The van der Waals surface area contributed by atoms with Gasteiger partial charge in [0.25, 0.3) is 0 Å². The SMILES string of the molecule is c1ccc(-c2nc3ccccc3n2-c2ccc(-n3c4c(c5ccccc53)Cc3ccccc3-4)cc2)cc1. The second kappa shape index (κ2) is 7.81. The molecule has 0 atom stereocenters. The van der Waals surface area contributed by atoms with Gasteiger partial charge in [-0.3, -0.25) is 4.57 Å². The van der Waals surface area contributed by atoms with Crippen molar-refractivity contribution in [2.45, 2.75) is 6.42 Å². The summed E-state index contributed by atoms with van der Waals surface area (Å²) in [6, 6.07) is 45.3. The minimum atomic E-state index is 0.954. The van der Waals surface area contributed by atoms with Crippen molar-refractivity contribution in [3.63, 3.8) is 0 Å². The Morgan fingerprint density at radius 1 is 0.541 bits per heavy atom. The Labute approximate surface area is 214 Å². The maximum Gasteiger partial charge on any atom is 0.145 e. The average molecular weight is 474 g/mol. The van der Waals surface area contributed by atoms with Gasteiger partial charge in [-0.25, -0.2) is 4.98 Å². The highest BCUT2D eigenvalue weighted by Gasteiger charge is 2.26. The second-order valence-electron chi connectivity index (χ2n) is 9.66. The van der Waals surface area contributed by atoms with Gasteiger partial charge in [0.15, 0.2) is 0 Å². The van der Waals surface area contributed by atoms with E-state index >= 15 is 0 Å². The van der Waals surface area contributed by atoms with Crippen molar-refractivity contribution in [2.75, 3.05) is 0 Å². The molecule has 8 rings (SSSR count). The molecular formula is C34H23N3. The average Bonchev–Trinajstić information content (AvgIpc) is 3.63.